The van der Waals surface area contributed by atoms with Crippen LogP contribution in [0.15, 0.2) is 0 Å². The van der Waals surface area contributed by atoms with E-state index in [-0.39, 0.29) is 6.03 Å². The highest BCUT2D eigenvalue weighted by atomic mass is 16.4. The minimum absolute atomic E-state index is 0.292. The number of urea groups is 1. The smallest absolute Gasteiger partial charge is 0.328 e. The van der Waals surface area contributed by atoms with Gasteiger partial charge < -0.3 is 20.2 Å². The van der Waals surface area contributed by atoms with Crippen molar-refractivity contribution >= 4 is 12.0 Å². The van der Waals surface area contributed by atoms with E-state index in [0.29, 0.717) is 19.1 Å². The molecule has 0 saturated carbocycles. The molecule has 0 spiro atoms. The summed E-state index contributed by atoms with van der Waals surface area (Å²) in [6.45, 7) is 4.31. The van der Waals surface area contributed by atoms with E-state index >= 15 is 0 Å². The summed E-state index contributed by atoms with van der Waals surface area (Å²) in [6.07, 6.45) is 1.85. The largest absolute Gasteiger partial charge is 0.480 e. The van der Waals surface area contributed by atoms with Gasteiger partial charge in [0.1, 0.15) is 5.54 Å². The van der Waals surface area contributed by atoms with E-state index < -0.39 is 11.5 Å². The summed E-state index contributed by atoms with van der Waals surface area (Å²) in [4.78, 5) is 26.7. The lowest BCUT2D eigenvalue weighted by Gasteiger charge is -2.36. The van der Waals surface area contributed by atoms with E-state index in [9.17, 15) is 9.59 Å². The molecule has 1 aliphatic rings. The fraction of sp³-hybridized carbons (Fsp3) is 0.833. The Kier molecular flexibility index (Phi) is 4.56. The van der Waals surface area contributed by atoms with Gasteiger partial charge in [-0.3, -0.25) is 0 Å². The van der Waals surface area contributed by atoms with Gasteiger partial charge in [0, 0.05) is 19.1 Å². The third-order valence-corrected chi connectivity index (χ3v) is 3.44. The maximum atomic E-state index is 11.9. The molecule has 0 bridgehead atoms. The van der Waals surface area contributed by atoms with Crippen molar-refractivity contribution in [2.24, 2.45) is 0 Å². The molecule has 2 N–H and O–H groups in total. The van der Waals surface area contributed by atoms with Crippen LogP contribution in [0.3, 0.4) is 0 Å². The molecule has 0 atom stereocenters. The fourth-order valence-electron chi connectivity index (χ4n) is 1.99. The highest BCUT2D eigenvalue weighted by molar-refractivity contribution is 5.85. The normalized spacial score (nSPS) is 17.9. The number of likely N-dealkylation sites (tertiary alicyclic amines) is 1. The third kappa shape index (κ3) is 3.60. The third-order valence-electron chi connectivity index (χ3n) is 3.44. The van der Waals surface area contributed by atoms with Crippen LogP contribution >= 0.6 is 0 Å². The van der Waals surface area contributed by atoms with Gasteiger partial charge in [-0.2, -0.15) is 0 Å². The Bertz CT molecular complexity index is 321. The number of nitrogens with zero attached hydrogens (tertiary/aromatic N) is 2. The van der Waals surface area contributed by atoms with Crippen LogP contribution in [0.25, 0.3) is 0 Å². The van der Waals surface area contributed by atoms with Crippen molar-refractivity contribution in [3.8, 4) is 0 Å². The Hall–Kier alpha value is -1.30. The average Bonchev–Trinajstić information content (AvgIpc) is 2.28. The second kappa shape index (κ2) is 5.56. The van der Waals surface area contributed by atoms with Gasteiger partial charge in [0.25, 0.3) is 0 Å². The minimum Gasteiger partial charge on any atom is -0.480 e. The summed E-state index contributed by atoms with van der Waals surface area (Å²) < 4.78 is 0. The van der Waals surface area contributed by atoms with Crippen LogP contribution in [0.1, 0.15) is 26.7 Å². The predicted molar refractivity (Wildman–Crippen MR) is 68.5 cm³/mol. The zero-order chi connectivity index (χ0) is 13.9. The first-order valence-electron chi connectivity index (χ1n) is 6.21. The van der Waals surface area contributed by atoms with E-state index in [1.807, 2.05) is 14.1 Å². The molecule has 0 aromatic carbocycles. The highest BCUT2D eigenvalue weighted by Gasteiger charge is 2.32. The van der Waals surface area contributed by atoms with Gasteiger partial charge >= 0.3 is 12.0 Å². The van der Waals surface area contributed by atoms with E-state index in [4.69, 9.17) is 5.11 Å². The number of aliphatic carboxylic acids is 1. The van der Waals surface area contributed by atoms with Gasteiger partial charge in [-0.1, -0.05) is 0 Å². The number of carboxylic acid groups (broad SMARTS) is 1. The van der Waals surface area contributed by atoms with Crippen LogP contribution in [0, 0.1) is 0 Å². The second-order valence-corrected chi connectivity index (χ2v) is 5.54. The molecule has 0 unspecified atom stereocenters. The molecule has 1 heterocycles. The van der Waals surface area contributed by atoms with Crippen LogP contribution in [0.2, 0.25) is 0 Å². The Balaban J connectivity index is 2.48. The molecule has 104 valence electrons. The summed E-state index contributed by atoms with van der Waals surface area (Å²) in [7, 11) is 4.07. The fourth-order valence-corrected chi connectivity index (χ4v) is 1.99. The van der Waals surface area contributed by atoms with E-state index in [0.717, 1.165) is 12.8 Å². The molecule has 6 heteroatoms. The number of carbonyl (C=O) groups excluding carboxylic acids is 1. The van der Waals surface area contributed by atoms with Gasteiger partial charge in [-0.25, -0.2) is 9.59 Å². The molecular weight excluding hydrogens is 234 g/mol. The van der Waals surface area contributed by atoms with Crippen LogP contribution < -0.4 is 5.32 Å². The van der Waals surface area contributed by atoms with Gasteiger partial charge in [0.15, 0.2) is 0 Å². The molecule has 2 amide bonds. The lowest BCUT2D eigenvalue weighted by Crippen LogP contribution is -2.56. The number of piperidine rings is 1. The molecule has 0 aromatic rings. The highest BCUT2D eigenvalue weighted by Crippen LogP contribution is 2.15. The summed E-state index contributed by atoms with van der Waals surface area (Å²) in [5, 5.41) is 11.5. The lowest BCUT2D eigenvalue weighted by molar-refractivity contribution is -0.143. The van der Waals surface area contributed by atoms with Gasteiger partial charge in [0.2, 0.25) is 0 Å². The van der Waals surface area contributed by atoms with Crippen LogP contribution in [-0.4, -0.2) is 65.7 Å². The molecule has 1 rings (SSSR count). The minimum atomic E-state index is -1.23. The van der Waals surface area contributed by atoms with Gasteiger partial charge in [-0.05, 0) is 40.8 Å². The van der Waals surface area contributed by atoms with Crippen molar-refractivity contribution in [1.29, 1.82) is 0 Å². The number of hydrogen-bond donors (Lipinski definition) is 2. The zero-order valence-electron chi connectivity index (χ0n) is 11.6. The van der Waals surface area contributed by atoms with Crippen molar-refractivity contribution in [3.63, 3.8) is 0 Å². The predicted octanol–water partition coefficient (Wildman–Crippen LogP) is 0.585. The molecule has 18 heavy (non-hydrogen) atoms. The number of hydrogen-bond acceptors (Lipinski definition) is 3. The van der Waals surface area contributed by atoms with E-state index in [2.05, 4.69) is 10.2 Å². The van der Waals surface area contributed by atoms with Crippen molar-refractivity contribution in [1.82, 2.24) is 15.1 Å². The summed E-state index contributed by atoms with van der Waals surface area (Å²) in [5.41, 5.74) is -1.23. The second-order valence-electron chi connectivity index (χ2n) is 5.54. The number of carboxylic acids is 1. The molecular formula is C12H23N3O3. The van der Waals surface area contributed by atoms with Crippen molar-refractivity contribution in [2.45, 2.75) is 38.3 Å². The Morgan fingerprint density at radius 1 is 1.28 bits per heavy atom. The molecule has 0 aromatic heterocycles. The summed E-state index contributed by atoms with van der Waals surface area (Å²) in [5.74, 6) is -1.03. The molecule has 1 fully saturated rings. The Morgan fingerprint density at radius 3 is 2.17 bits per heavy atom. The topological polar surface area (TPSA) is 72.9 Å². The van der Waals surface area contributed by atoms with Gasteiger partial charge in [-0.15, -0.1) is 0 Å². The van der Waals surface area contributed by atoms with Crippen LogP contribution in [0.5, 0.6) is 0 Å². The number of amides is 2. The standard InChI is InChI=1S/C12H23N3O3/c1-12(2,10(16)17)13-11(18)15-7-5-9(6-8-15)14(3)4/h9H,5-8H2,1-4H3,(H,13,18)(H,16,17). The first kappa shape index (κ1) is 14.8. The van der Waals surface area contributed by atoms with Crippen molar-refractivity contribution in [3.05, 3.63) is 0 Å². The molecule has 1 aliphatic heterocycles. The molecule has 1 saturated heterocycles. The summed E-state index contributed by atoms with van der Waals surface area (Å²) >= 11 is 0. The quantitative estimate of drug-likeness (QED) is 0.776. The number of nitrogens with one attached hydrogen (secondary N) is 1. The SMILES string of the molecule is CN(C)C1CCN(C(=O)NC(C)(C)C(=O)O)CC1. The van der Waals surface area contributed by atoms with Crippen molar-refractivity contribution < 1.29 is 14.7 Å². The summed E-state index contributed by atoms with van der Waals surface area (Å²) in [6, 6.07) is 0.209. The first-order valence-corrected chi connectivity index (χ1v) is 6.21. The van der Waals surface area contributed by atoms with Crippen molar-refractivity contribution in [2.75, 3.05) is 27.2 Å². The van der Waals surface area contributed by atoms with E-state index in [1.165, 1.54) is 13.8 Å². The van der Waals surface area contributed by atoms with Gasteiger partial charge in [0.05, 0.1) is 0 Å². The van der Waals surface area contributed by atoms with E-state index in [1.54, 1.807) is 4.90 Å². The maximum Gasteiger partial charge on any atom is 0.328 e. The van der Waals surface area contributed by atoms with Crippen LogP contribution in [0.4, 0.5) is 4.79 Å². The zero-order valence-corrected chi connectivity index (χ0v) is 11.6. The Morgan fingerprint density at radius 2 is 1.78 bits per heavy atom. The molecule has 0 aliphatic carbocycles. The lowest BCUT2D eigenvalue weighted by atomic mass is 10.0. The monoisotopic (exact) mass is 257 g/mol. The first-order chi connectivity index (χ1) is 8.24. The number of rotatable bonds is 3. The Labute approximate surface area is 108 Å². The number of carbonyl (C=O) groups is 2. The molecule has 6 nitrogen and oxygen atoms in total. The molecule has 0 radical (unpaired) electrons. The maximum absolute atomic E-state index is 11.9. The average molecular weight is 257 g/mol. The van der Waals surface area contributed by atoms with Crippen LogP contribution in [-0.2, 0) is 4.79 Å².